The van der Waals surface area contributed by atoms with Gasteiger partial charge in [-0.3, -0.25) is 4.98 Å². The van der Waals surface area contributed by atoms with Crippen molar-refractivity contribution >= 4 is 11.8 Å². The van der Waals surface area contributed by atoms with E-state index in [0.717, 1.165) is 57.1 Å². The number of nitrogens with two attached hydrogens (primary N) is 1. The first-order valence-electron chi connectivity index (χ1n) is 8.66. The SMILES string of the molecule is Nc1nc(C2CCOC2)cc(N2CCC(c3ccncc3)CC2)n1. The van der Waals surface area contributed by atoms with Crippen LogP contribution in [0.3, 0.4) is 0 Å². The fraction of sp³-hybridized carbons (Fsp3) is 0.500. The maximum atomic E-state index is 5.96. The summed E-state index contributed by atoms with van der Waals surface area (Å²) in [5.74, 6) is 2.28. The van der Waals surface area contributed by atoms with Crippen LogP contribution in [-0.4, -0.2) is 41.3 Å². The monoisotopic (exact) mass is 325 g/mol. The van der Waals surface area contributed by atoms with Crippen molar-refractivity contribution in [1.82, 2.24) is 15.0 Å². The minimum Gasteiger partial charge on any atom is -0.381 e. The zero-order valence-corrected chi connectivity index (χ0v) is 13.8. The molecule has 2 N–H and O–H groups in total. The minimum atomic E-state index is 0.350. The molecule has 0 aliphatic carbocycles. The number of pyridine rings is 1. The number of piperidine rings is 1. The number of aromatic nitrogens is 3. The maximum Gasteiger partial charge on any atom is 0.222 e. The molecule has 2 saturated heterocycles. The van der Waals surface area contributed by atoms with Crippen molar-refractivity contribution in [2.75, 3.05) is 36.9 Å². The second kappa shape index (κ2) is 6.73. The lowest BCUT2D eigenvalue weighted by molar-refractivity contribution is 0.193. The van der Waals surface area contributed by atoms with Crippen molar-refractivity contribution in [2.45, 2.75) is 31.1 Å². The molecule has 0 spiro atoms. The van der Waals surface area contributed by atoms with Crippen molar-refractivity contribution in [3.63, 3.8) is 0 Å². The van der Waals surface area contributed by atoms with E-state index < -0.39 is 0 Å². The molecule has 1 atom stereocenters. The number of hydrogen-bond acceptors (Lipinski definition) is 6. The van der Waals surface area contributed by atoms with E-state index in [-0.39, 0.29) is 0 Å². The normalized spacial score (nSPS) is 22.0. The molecule has 2 fully saturated rings. The van der Waals surface area contributed by atoms with Crippen molar-refractivity contribution in [3.8, 4) is 0 Å². The van der Waals surface area contributed by atoms with E-state index in [4.69, 9.17) is 10.5 Å². The van der Waals surface area contributed by atoms with E-state index in [1.807, 2.05) is 12.4 Å². The molecule has 0 bridgehead atoms. The first-order valence-corrected chi connectivity index (χ1v) is 8.66. The standard InChI is InChI=1S/C18H23N5O/c19-18-21-16(15-5-10-24-12-15)11-17(22-18)23-8-3-14(4-9-23)13-1-6-20-7-2-13/h1-2,6-7,11,14-15H,3-5,8-10,12H2,(H2,19,21,22). The van der Waals surface area contributed by atoms with Gasteiger partial charge in [-0.05, 0) is 42.9 Å². The number of nitrogens with zero attached hydrogens (tertiary/aromatic N) is 4. The van der Waals surface area contributed by atoms with Crippen LogP contribution >= 0.6 is 0 Å². The highest BCUT2D eigenvalue weighted by atomic mass is 16.5. The molecular formula is C18H23N5O. The molecule has 2 aromatic heterocycles. The Morgan fingerprint density at radius 2 is 1.83 bits per heavy atom. The molecule has 6 heteroatoms. The fourth-order valence-corrected chi connectivity index (χ4v) is 3.69. The van der Waals surface area contributed by atoms with Crippen LogP contribution in [0.2, 0.25) is 0 Å². The molecule has 2 aromatic rings. The smallest absolute Gasteiger partial charge is 0.222 e. The Balaban J connectivity index is 1.47. The Bertz CT molecular complexity index is 679. The third-order valence-corrected chi connectivity index (χ3v) is 5.09. The summed E-state index contributed by atoms with van der Waals surface area (Å²) in [5, 5.41) is 0. The van der Waals surface area contributed by atoms with Gasteiger partial charge in [0.25, 0.3) is 0 Å². The van der Waals surface area contributed by atoms with Crippen LogP contribution in [0.1, 0.15) is 42.4 Å². The molecule has 126 valence electrons. The molecule has 0 amide bonds. The van der Waals surface area contributed by atoms with Crippen LogP contribution in [-0.2, 0) is 4.74 Å². The lowest BCUT2D eigenvalue weighted by Gasteiger charge is -2.33. The maximum absolute atomic E-state index is 5.96. The Hall–Kier alpha value is -2.21. The van der Waals surface area contributed by atoms with Crippen molar-refractivity contribution in [2.24, 2.45) is 0 Å². The van der Waals surface area contributed by atoms with E-state index in [9.17, 15) is 0 Å². The van der Waals surface area contributed by atoms with Crippen LogP contribution in [0.4, 0.5) is 11.8 Å². The molecule has 2 aliphatic rings. The lowest BCUT2D eigenvalue weighted by atomic mass is 9.90. The molecule has 0 radical (unpaired) electrons. The van der Waals surface area contributed by atoms with Crippen LogP contribution < -0.4 is 10.6 Å². The average molecular weight is 325 g/mol. The number of rotatable bonds is 3. The summed E-state index contributed by atoms with van der Waals surface area (Å²) in [4.78, 5) is 15.3. The van der Waals surface area contributed by atoms with E-state index in [2.05, 4.69) is 38.1 Å². The number of nitrogen functional groups attached to an aromatic ring is 1. The van der Waals surface area contributed by atoms with Crippen LogP contribution in [0, 0.1) is 0 Å². The molecule has 0 aromatic carbocycles. The van der Waals surface area contributed by atoms with Gasteiger partial charge in [-0.2, -0.15) is 4.98 Å². The van der Waals surface area contributed by atoms with Crippen molar-refractivity contribution in [1.29, 1.82) is 0 Å². The quantitative estimate of drug-likeness (QED) is 0.933. The van der Waals surface area contributed by atoms with Gasteiger partial charge in [0.2, 0.25) is 5.95 Å². The van der Waals surface area contributed by atoms with E-state index >= 15 is 0 Å². The highest BCUT2D eigenvalue weighted by Gasteiger charge is 2.24. The number of ether oxygens (including phenoxy) is 1. The zero-order chi connectivity index (χ0) is 16.4. The minimum absolute atomic E-state index is 0.350. The predicted octanol–water partition coefficient (Wildman–Crippen LogP) is 2.34. The highest BCUT2D eigenvalue weighted by Crippen LogP contribution is 2.31. The van der Waals surface area contributed by atoms with E-state index in [0.29, 0.717) is 17.8 Å². The zero-order valence-electron chi connectivity index (χ0n) is 13.8. The summed E-state index contributed by atoms with van der Waals surface area (Å²) < 4.78 is 5.48. The third-order valence-electron chi connectivity index (χ3n) is 5.09. The summed E-state index contributed by atoms with van der Waals surface area (Å²) in [5.41, 5.74) is 8.36. The van der Waals surface area contributed by atoms with Gasteiger partial charge in [-0.1, -0.05) is 0 Å². The van der Waals surface area contributed by atoms with Crippen LogP contribution in [0.25, 0.3) is 0 Å². The summed E-state index contributed by atoms with van der Waals surface area (Å²) in [7, 11) is 0. The van der Waals surface area contributed by atoms with E-state index in [1.54, 1.807) is 0 Å². The third kappa shape index (κ3) is 3.19. The molecule has 0 saturated carbocycles. The van der Waals surface area contributed by atoms with Crippen LogP contribution in [0.15, 0.2) is 30.6 Å². The largest absolute Gasteiger partial charge is 0.381 e. The summed E-state index contributed by atoms with van der Waals surface area (Å²) in [6.07, 6.45) is 7.01. The molecule has 6 nitrogen and oxygen atoms in total. The summed E-state index contributed by atoms with van der Waals surface area (Å²) in [6, 6.07) is 6.35. The van der Waals surface area contributed by atoms with E-state index in [1.165, 1.54) is 5.56 Å². The summed E-state index contributed by atoms with van der Waals surface area (Å²) >= 11 is 0. The molecular weight excluding hydrogens is 302 g/mol. The Kier molecular flexibility index (Phi) is 4.30. The van der Waals surface area contributed by atoms with Gasteiger partial charge in [-0.25, -0.2) is 4.98 Å². The fourth-order valence-electron chi connectivity index (χ4n) is 3.69. The first kappa shape index (κ1) is 15.3. The van der Waals surface area contributed by atoms with Gasteiger partial charge in [-0.15, -0.1) is 0 Å². The number of anilines is 2. The van der Waals surface area contributed by atoms with Gasteiger partial charge in [0.15, 0.2) is 0 Å². The van der Waals surface area contributed by atoms with Gasteiger partial charge in [0.05, 0.1) is 12.3 Å². The second-order valence-corrected chi connectivity index (χ2v) is 6.61. The Labute approximate surface area is 142 Å². The van der Waals surface area contributed by atoms with Crippen molar-refractivity contribution in [3.05, 3.63) is 41.9 Å². The van der Waals surface area contributed by atoms with Crippen molar-refractivity contribution < 1.29 is 4.74 Å². The molecule has 1 unspecified atom stereocenters. The topological polar surface area (TPSA) is 77.2 Å². The molecule has 4 heterocycles. The van der Waals surface area contributed by atoms with Gasteiger partial charge in [0.1, 0.15) is 5.82 Å². The molecule has 24 heavy (non-hydrogen) atoms. The number of hydrogen-bond donors (Lipinski definition) is 1. The lowest BCUT2D eigenvalue weighted by Crippen LogP contribution is -2.33. The highest BCUT2D eigenvalue weighted by molar-refractivity contribution is 5.45. The van der Waals surface area contributed by atoms with Gasteiger partial charge in [0, 0.05) is 44.1 Å². The average Bonchev–Trinajstić information content (AvgIpc) is 3.17. The second-order valence-electron chi connectivity index (χ2n) is 6.61. The first-order chi connectivity index (χ1) is 11.8. The molecule has 4 rings (SSSR count). The molecule has 2 aliphatic heterocycles. The summed E-state index contributed by atoms with van der Waals surface area (Å²) in [6.45, 7) is 3.52. The Morgan fingerprint density at radius 1 is 1.04 bits per heavy atom. The van der Waals surface area contributed by atoms with Crippen LogP contribution in [0.5, 0.6) is 0 Å². The Morgan fingerprint density at radius 3 is 2.54 bits per heavy atom. The van der Waals surface area contributed by atoms with Gasteiger partial charge >= 0.3 is 0 Å². The predicted molar refractivity (Wildman–Crippen MR) is 93.0 cm³/mol. The van der Waals surface area contributed by atoms with Gasteiger partial charge < -0.3 is 15.4 Å².